The molecule has 7 rings (SSSR count). The van der Waals surface area contributed by atoms with Gasteiger partial charge >= 0.3 is 11.4 Å². The zero-order valence-corrected chi connectivity index (χ0v) is 30.4. The van der Waals surface area contributed by atoms with Crippen molar-refractivity contribution >= 4 is 62.0 Å². The van der Waals surface area contributed by atoms with Crippen molar-refractivity contribution in [3.8, 4) is 17.2 Å². The number of halogens is 3. The Morgan fingerprint density at radius 1 is 1.02 bits per heavy atom. The lowest BCUT2D eigenvalue weighted by atomic mass is 9.64. The average molecular weight is 790 g/mol. The highest BCUT2D eigenvalue weighted by Crippen LogP contribution is 2.63. The molecule has 2 aromatic carbocycles. The van der Waals surface area contributed by atoms with Gasteiger partial charge in [0.05, 0.1) is 43.3 Å². The number of alkyl halides is 3. The minimum atomic E-state index is -2.00. The van der Waals surface area contributed by atoms with Gasteiger partial charge in [-0.25, -0.2) is 28.5 Å². The van der Waals surface area contributed by atoms with Crippen LogP contribution in [0.1, 0.15) is 35.2 Å². The number of aromatic nitrogens is 5. The van der Waals surface area contributed by atoms with Crippen LogP contribution in [0, 0.1) is 6.92 Å². The second-order valence-corrected chi connectivity index (χ2v) is 14.3. The van der Waals surface area contributed by atoms with Crippen molar-refractivity contribution in [3.63, 3.8) is 0 Å². The number of hydrogen-bond donors (Lipinski definition) is 1. The van der Waals surface area contributed by atoms with Gasteiger partial charge in [0.25, 0.3) is 17.4 Å². The standard InChI is InChI=1S/C33H31BrCl2N6O8/c1-16-11-17(5-6-23(16)43)26-18-7-10-41-30(47)39(9-8-19-27(44)38(2)21-13-25(50-4)24(49-3)12-20(21)37-19)31(48)42(41)22(18)14-32(35)28(45)40(15-34)29(46)33(26,32)36/h5-7,11-13,22,26,43H,8-10,14-15H2,1-4H3. The van der Waals surface area contributed by atoms with Gasteiger partial charge in [0.1, 0.15) is 11.4 Å². The van der Waals surface area contributed by atoms with Crippen LogP contribution in [-0.2, 0) is 36.1 Å². The number of nitrogens with zero attached hydrogens (tertiary/aromatic N) is 6. The second-order valence-electron chi connectivity index (χ2n) is 12.6. The van der Waals surface area contributed by atoms with Crippen LogP contribution in [0.5, 0.6) is 17.2 Å². The number of amides is 2. The van der Waals surface area contributed by atoms with Gasteiger partial charge in [-0.05, 0) is 29.7 Å². The molecular formula is C33H31BrCl2N6O8. The molecule has 4 atom stereocenters. The fraction of sp³-hybridized carbons (Fsp3) is 0.394. The number of methoxy groups -OCH3 is 2. The van der Waals surface area contributed by atoms with Crippen LogP contribution < -0.4 is 26.4 Å². The van der Waals surface area contributed by atoms with Gasteiger partial charge in [0, 0.05) is 44.5 Å². The third-order valence-corrected chi connectivity index (χ3v) is 12.1. The van der Waals surface area contributed by atoms with Gasteiger partial charge in [-0.15, -0.1) is 23.2 Å². The zero-order valence-electron chi connectivity index (χ0n) is 27.3. The van der Waals surface area contributed by atoms with Crippen LogP contribution in [0.25, 0.3) is 11.0 Å². The number of rotatable bonds is 7. The van der Waals surface area contributed by atoms with Crippen LogP contribution in [-0.4, -0.2) is 74.7 Å². The van der Waals surface area contributed by atoms with Crippen molar-refractivity contribution in [2.24, 2.45) is 7.05 Å². The van der Waals surface area contributed by atoms with Crippen molar-refractivity contribution in [3.05, 3.63) is 90.1 Å². The number of allylic oxidation sites excluding steroid dienone is 2. The van der Waals surface area contributed by atoms with E-state index in [1.165, 1.54) is 34.2 Å². The van der Waals surface area contributed by atoms with E-state index >= 15 is 0 Å². The lowest BCUT2D eigenvalue weighted by Gasteiger charge is -2.49. The van der Waals surface area contributed by atoms with Crippen molar-refractivity contribution in [2.45, 2.75) is 54.6 Å². The molecule has 2 fully saturated rings. The summed E-state index contributed by atoms with van der Waals surface area (Å²) < 4.78 is 15.7. The number of aryl methyl sites for hydroxylation is 3. The summed E-state index contributed by atoms with van der Waals surface area (Å²) in [5.41, 5.74) is 0.751. The minimum Gasteiger partial charge on any atom is -0.508 e. The third kappa shape index (κ3) is 4.51. The number of benzene rings is 2. The Labute approximate surface area is 302 Å². The highest BCUT2D eigenvalue weighted by Gasteiger charge is 2.75. The van der Waals surface area contributed by atoms with Crippen LogP contribution in [0.4, 0.5) is 0 Å². The molecule has 4 aromatic rings. The van der Waals surface area contributed by atoms with Gasteiger partial charge in [0.15, 0.2) is 21.2 Å². The number of fused-ring (bicyclic) bond motifs is 5. The van der Waals surface area contributed by atoms with E-state index in [1.54, 1.807) is 44.3 Å². The molecule has 1 saturated carbocycles. The number of hydrogen-bond acceptors (Lipinski definition) is 9. The first-order chi connectivity index (χ1) is 23.7. The normalized spacial score (nSPS) is 24.2. The number of phenols is 1. The predicted molar refractivity (Wildman–Crippen MR) is 187 cm³/mol. The van der Waals surface area contributed by atoms with E-state index in [0.717, 1.165) is 9.47 Å². The summed E-state index contributed by atoms with van der Waals surface area (Å²) in [6.07, 6.45) is 1.43. The number of likely N-dealkylation sites (tertiary alicyclic amines) is 1. The Kier molecular flexibility index (Phi) is 8.11. The molecule has 50 heavy (non-hydrogen) atoms. The molecule has 3 aliphatic rings. The van der Waals surface area contributed by atoms with Crippen LogP contribution in [0.3, 0.4) is 0 Å². The summed E-state index contributed by atoms with van der Waals surface area (Å²) in [5.74, 6) is -1.56. The summed E-state index contributed by atoms with van der Waals surface area (Å²) in [4.78, 5) is 70.6. The van der Waals surface area contributed by atoms with Gasteiger partial charge < -0.3 is 19.1 Å². The number of phenolic OH excluding ortho intramolecular Hbond substituents is 1. The highest BCUT2D eigenvalue weighted by atomic mass is 79.9. The Hall–Kier alpha value is -4.34. The van der Waals surface area contributed by atoms with Gasteiger partial charge in [-0.3, -0.25) is 19.3 Å². The monoisotopic (exact) mass is 788 g/mol. The second kappa shape index (κ2) is 11.9. The molecule has 0 radical (unpaired) electrons. The Morgan fingerprint density at radius 2 is 1.72 bits per heavy atom. The third-order valence-electron chi connectivity index (χ3n) is 10.1. The molecule has 2 amide bonds. The molecule has 0 spiro atoms. The maximum absolute atomic E-state index is 14.2. The Bertz CT molecular complexity index is 2360. The molecule has 14 nitrogen and oxygen atoms in total. The molecule has 4 heterocycles. The smallest absolute Gasteiger partial charge is 0.347 e. The lowest BCUT2D eigenvalue weighted by molar-refractivity contribution is -0.138. The number of imide groups is 1. The first-order valence-electron chi connectivity index (χ1n) is 15.6. The molecule has 2 aliphatic heterocycles. The Balaban J connectivity index is 1.32. The fourth-order valence-corrected chi connectivity index (χ4v) is 8.98. The molecule has 17 heteroatoms. The highest BCUT2D eigenvalue weighted by molar-refractivity contribution is 9.09. The van der Waals surface area contributed by atoms with Gasteiger partial charge in [0.2, 0.25) is 0 Å². The molecule has 1 aliphatic carbocycles. The largest absolute Gasteiger partial charge is 0.508 e. The van der Waals surface area contributed by atoms with E-state index in [4.69, 9.17) is 32.7 Å². The summed E-state index contributed by atoms with van der Waals surface area (Å²) in [6, 6.07) is 7.08. The summed E-state index contributed by atoms with van der Waals surface area (Å²) in [6.45, 7) is 1.47. The predicted octanol–water partition coefficient (Wildman–Crippen LogP) is 2.68. The van der Waals surface area contributed by atoms with Crippen molar-refractivity contribution < 1.29 is 24.2 Å². The average Bonchev–Trinajstić information content (AvgIpc) is 3.43. The SMILES string of the molecule is COc1cc2nc(CCn3c(=O)n4n(c3=O)C3CC5(Cl)C(=O)N(CBr)C(=O)C5(Cl)C(c5ccc(O)c(C)c5)C3=CC4)c(=O)n(C)c2cc1OC. The lowest BCUT2D eigenvalue weighted by Crippen LogP contribution is -2.59. The van der Waals surface area contributed by atoms with E-state index in [1.807, 2.05) is 0 Å². The number of carbonyl (C=O) groups is 2. The van der Waals surface area contributed by atoms with E-state index in [0.29, 0.717) is 39.2 Å². The molecule has 0 bridgehead atoms. The first-order valence-corrected chi connectivity index (χ1v) is 17.4. The molecule has 1 N–H and O–H groups in total. The molecular weight excluding hydrogens is 759 g/mol. The van der Waals surface area contributed by atoms with Crippen molar-refractivity contribution in [2.75, 3.05) is 19.7 Å². The topological polar surface area (TPSA) is 160 Å². The van der Waals surface area contributed by atoms with Crippen molar-refractivity contribution in [1.29, 1.82) is 0 Å². The zero-order chi connectivity index (χ0) is 36.0. The van der Waals surface area contributed by atoms with Crippen LogP contribution >= 0.6 is 39.1 Å². The van der Waals surface area contributed by atoms with E-state index in [2.05, 4.69) is 20.9 Å². The first kappa shape index (κ1) is 34.1. The van der Waals surface area contributed by atoms with E-state index < -0.39 is 50.5 Å². The van der Waals surface area contributed by atoms with Crippen LogP contribution in [0.15, 0.2) is 56.4 Å². The van der Waals surface area contributed by atoms with E-state index in [-0.39, 0.29) is 42.8 Å². The van der Waals surface area contributed by atoms with Gasteiger partial charge in [-0.1, -0.05) is 34.1 Å². The molecule has 4 unspecified atom stereocenters. The fourth-order valence-electron chi connectivity index (χ4n) is 7.58. The number of ether oxygens (including phenoxy) is 2. The van der Waals surface area contributed by atoms with Crippen molar-refractivity contribution in [1.82, 2.24) is 28.4 Å². The maximum atomic E-state index is 14.2. The summed E-state index contributed by atoms with van der Waals surface area (Å²) in [7, 11) is 4.56. The molecule has 1 saturated heterocycles. The summed E-state index contributed by atoms with van der Waals surface area (Å²) in [5, 5.41) is 10.3. The van der Waals surface area contributed by atoms with E-state index in [9.17, 15) is 29.1 Å². The molecule has 2 aromatic heterocycles. The molecule has 262 valence electrons. The summed E-state index contributed by atoms with van der Waals surface area (Å²) >= 11 is 17.7. The van der Waals surface area contributed by atoms with Crippen LogP contribution in [0.2, 0.25) is 0 Å². The minimum absolute atomic E-state index is 0.0205. The Morgan fingerprint density at radius 3 is 2.38 bits per heavy atom. The maximum Gasteiger partial charge on any atom is 0.347 e. The quantitative estimate of drug-likeness (QED) is 0.129. The number of carbonyl (C=O) groups excluding carboxylic acids is 2. The number of aromatic hydroxyl groups is 1. The van der Waals surface area contributed by atoms with Gasteiger partial charge in [-0.2, -0.15) is 0 Å².